The van der Waals surface area contributed by atoms with E-state index < -0.39 is 0 Å². The van der Waals surface area contributed by atoms with Crippen LogP contribution in [0.15, 0.2) is 54.6 Å². The molecule has 0 N–H and O–H groups in total. The molecule has 1 aliphatic heterocycles. The monoisotopic (exact) mass is 446 g/mol. The van der Waals surface area contributed by atoms with Gasteiger partial charge in [-0.3, -0.25) is 4.79 Å². The van der Waals surface area contributed by atoms with Gasteiger partial charge in [0.25, 0.3) is 5.91 Å². The molecule has 0 bridgehead atoms. The maximum absolute atomic E-state index is 13.3. The van der Waals surface area contributed by atoms with Crippen LogP contribution >= 0.6 is 11.3 Å². The smallest absolute Gasteiger partial charge is 0.264 e. The van der Waals surface area contributed by atoms with E-state index in [0.717, 1.165) is 51.0 Å². The standard InChI is InChI=1S/C25H26N4O2S/c1-17-7-6-8-19(15-17)29-25-20(18(2)26-29)16-23(32-25)24(30)28-13-11-27(12-14-28)21-9-4-5-10-22(21)31-3/h4-10,15-16H,11-14H2,1-3H3. The number of nitrogens with zero attached hydrogens (tertiary/aromatic N) is 4. The van der Waals surface area contributed by atoms with Gasteiger partial charge in [0, 0.05) is 31.6 Å². The molecule has 0 atom stereocenters. The summed E-state index contributed by atoms with van der Waals surface area (Å²) in [5, 5.41) is 5.77. The van der Waals surface area contributed by atoms with Crippen molar-refractivity contribution in [3.63, 3.8) is 0 Å². The number of thiophene rings is 1. The molecule has 1 amide bonds. The fourth-order valence-electron chi connectivity index (χ4n) is 4.28. The number of aryl methyl sites for hydroxylation is 2. The minimum Gasteiger partial charge on any atom is -0.495 e. The molecule has 1 aliphatic rings. The Kier molecular flexibility index (Phi) is 5.35. The van der Waals surface area contributed by atoms with Crippen molar-refractivity contribution in [2.45, 2.75) is 13.8 Å². The number of ether oxygens (including phenoxy) is 1. The van der Waals surface area contributed by atoms with Crippen LogP contribution in [0.4, 0.5) is 5.69 Å². The molecule has 0 aliphatic carbocycles. The van der Waals surface area contributed by atoms with Gasteiger partial charge in [-0.15, -0.1) is 11.3 Å². The summed E-state index contributed by atoms with van der Waals surface area (Å²) in [6.07, 6.45) is 0. The maximum Gasteiger partial charge on any atom is 0.264 e. The van der Waals surface area contributed by atoms with Crippen LogP contribution in [-0.4, -0.2) is 53.9 Å². The van der Waals surface area contributed by atoms with E-state index in [1.807, 2.05) is 46.8 Å². The Labute approximate surface area is 191 Å². The van der Waals surface area contributed by atoms with E-state index in [1.54, 1.807) is 7.11 Å². The normalized spacial score (nSPS) is 14.2. The highest BCUT2D eigenvalue weighted by Gasteiger charge is 2.26. The average molecular weight is 447 g/mol. The molecule has 4 aromatic rings. The highest BCUT2D eigenvalue weighted by atomic mass is 32.1. The molecule has 3 heterocycles. The van der Waals surface area contributed by atoms with Gasteiger partial charge in [0.15, 0.2) is 0 Å². The number of carbonyl (C=O) groups is 1. The van der Waals surface area contributed by atoms with Crippen molar-refractivity contribution >= 4 is 33.1 Å². The molecule has 1 saturated heterocycles. The zero-order chi connectivity index (χ0) is 22.2. The zero-order valence-electron chi connectivity index (χ0n) is 18.5. The number of benzene rings is 2. The molecule has 0 unspecified atom stereocenters. The van der Waals surface area contributed by atoms with E-state index in [1.165, 1.54) is 16.9 Å². The lowest BCUT2D eigenvalue weighted by atomic mass is 10.2. The molecular weight excluding hydrogens is 420 g/mol. The van der Waals surface area contributed by atoms with Gasteiger partial charge in [-0.25, -0.2) is 4.68 Å². The number of methoxy groups -OCH3 is 1. The van der Waals surface area contributed by atoms with Gasteiger partial charge >= 0.3 is 0 Å². The number of para-hydroxylation sites is 2. The topological polar surface area (TPSA) is 50.6 Å². The first-order chi connectivity index (χ1) is 15.5. The summed E-state index contributed by atoms with van der Waals surface area (Å²) in [7, 11) is 1.69. The Hall–Kier alpha value is -3.32. The molecule has 164 valence electrons. The number of carbonyl (C=O) groups excluding carboxylic acids is 1. The zero-order valence-corrected chi connectivity index (χ0v) is 19.4. The van der Waals surface area contributed by atoms with Crippen LogP contribution in [0, 0.1) is 13.8 Å². The molecule has 0 spiro atoms. The number of fused-ring (bicyclic) bond motifs is 1. The van der Waals surface area contributed by atoms with Gasteiger partial charge < -0.3 is 14.5 Å². The van der Waals surface area contributed by atoms with Crippen molar-refractivity contribution in [1.82, 2.24) is 14.7 Å². The molecule has 0 radical (unpaired) electrons. The Morgan fingerprint density at radius 1 is 1.00 bits per heavy atom. The number of hydrogen-bond donors (Lipinski definition) is 0. The Balaban J connectivity index is 1.36. The third-order valence-electron chi connectivity index (χ3n) is 5.99. The molecule has 5 rings (SSSR count). The quantitative estimate of drug-likeness (QED) is 0.457. The van der Waals surface area contributed by atoms with Crippen molar-refractivity contribution < 1.29 is 9.53 Å². The summed E-state index contributed by atoms with van der Waals surface area (Å²) >= 11 is 1.53. The second-order valence-electron chi connectivity index (χ2n) is 8.12. The van der Waals surface area contributed by atoms with Crippen LogP contribution in [0.2, 0.25) is 0 Å². The molecule has 1 fully saturated rings. The van der Waals surface area contributed by atoms with Gasteiger partial charge in [0.2, 0.25) is 0 Å². The first kappa shape index (κ1) is 20.6. The van der Waals surface area contributed by atoms with Crippen LogP contribution < -0.4 is 9.64 Å². The summed E-state index contributed by atoms with van der Waals surface area (Å²) in [5.74, 6) is 0.967. The second kappa shape index (κ2) is 8.31. The molecular formula is C25H26N4O2S. The fraction of sp³-hybridized carbons (Fsp3) is 0.280. The predicted molar refractivity (Wildman–Crippen MR) is 130 cm³/mol. The number of rotatable bonds is 4. The minimum atomic E-state index is 0.0982. The molecule has 0 saturated carbocycles. The van der Waals surface area contributed by atoms with Crippen molar-refractivity contribution in [1.29, 1.82) is 0 Å². The van der Waals surface area contributed by atoms with E-state index in [4.69, 9.17) is 9.84 Å². The van der Waals surface area contributed by atoms with Gasteiger partial charge in [0.1, 0.15) is 10.6 Å². The summed E-state index contributed by atoms with van der Waals surface area (Å²) in [4.78, 5) is 19.3. The van der Waals surface area contributed by atoms with Gasteiger partial charge in [-0.1, -0.05) is 24.3 Å². The van der Waals surface area contributed by atoms with Gasteiger partial charge in [-0.05, 0) is 49.7 Å². The Morgan fingerprint density at radius 2 is 1.78 bits per heavy atom. The number of hydrogen-bond acceptors (Lipinski definition) is 5. The fourth-order valence-corrected chi connectivity index (χ4v) is 5.44. The van der Waals surface area contributed by atoms with E-state index in [9.17, 15) is 4.79 Å². The highest BCUT2D eigenvalue weighted by molar-refractivity contribution is 7.20. The van der Waals surface area contributed by atoms with Crippen molar-refractivity contribution in [3.05, 3.63) is 70.7 Å². The van der Waals surface area contributed by atoms with Crippen molar-refractivity contribution in [2.75, 3.05) is 38.2 Å². The predicted octanol–water partition coefficient (Wildman–Crippen LogP) is 4.67. The van der Waals surface area contributed by atoms with E-state index in [-0.39, 0.29) is 5.91 Å². The first-order valence-corrected chi connectivity index (χ1v) is 11.6. The van der Waals surface area contributed by atoms with Crippen LogP contribution in [0.25, 0.3) is 15.9 Å². The third kappa shape index (κ3) is 3.62. The lowest BCUT2D eigenvalue weighted by Gasteiger charge is -2.36. The van der Waals surface area contributed by atoms with Gasteiger partial charge in [0.05, 0.1) is 29.1 Å². The largest absolute Gasteiger partial charge is 0.495 e. The number of piperazine rings is 1. The number of amides is 1. The minimum absolute atomic E-state index is 0.0982. The van der Waals surface area contributed by atoms with E-state index in [0.29, 0.717) is 13.1 Å². The molecule has 6 nitrogen and oxygen atoms in total. The van der Waals surface area contributed by atoms with Crippen LogP contribution in [-0.2, 0) is 0 Å². The Morgan fingerprint density at radius 3 is 2.53 bits per heavy atom. The third-order valence-corrected chi connectivity index (χ3v) is 7.09. The summed E-state index contributed by atoms with van der Waals surface area (Å²) in [6.45, 7) is 7.02. The van der Waals surface area contributed by atoms with E-state index >= 15 is 0 Å². The summed E-state index contributed by atoms with van der Waals surface area (Å²) in [5.41, 5.74) is 4.23. The first-order valence-electron chi connectivity index (χ1n) is 10.8. The summed E-state index contributed by atoms with van der Waals surface area (Å²) in [6, 6.07) is 18.3. The lowest BCUT2D eigenvalue weighted by molar-refractivity contribution is 0.0751. The maximum atomic E-state index is 13.3. The number of aromatic nitrogens is 2. The van der Waals surface area contributed by atoms with Crippen molar-refractivity contribution in [3.8, 4) is 11.4 Å². The number of anilines is 1. The van der Waals surface area contributed by atoms with Crippen LogP contribution in [0.1, 0.15) is 20.9 Å². The molecule has 2 aromatic heterocycles. The van der Waals surface area contributed by atoms with Crippen molar-refractivity contribution in [2.24, 2.45) is 0 Å². The average Bonchev–Trinajstić information content (AvgIpc) is 3.39. The second-order valence-corrected chi connectivity index (χ2v) is 9.15. The van der Waals surface area contributed by atoms with Crippen LogP contribution in [0.3, 0.4) is 0 Å². The molecule has 7 heteroatoms. The van der Waals surface area contributed by atoms with Crippen LogP contribution in [0.5, 0.6) is 5.75 Å². The van der Waals surface area contributed by atoms with Gasteiger partial charge in [-0.2, -0.15) is 5.10 Å². The SMILES string of the molecule is COc1ccccc1N1CCN(C(=O)c2cc3c(C)nn(-c4cccc(C)c4)c3s2)CC1. The highest BCUT2D eigenvalue weighted by Crippen LogP contribution is 2.32. The molecule has 2 aromatic carbocycles. The van der Waals surface area contributed by atoms with E-state index in [2.05, 4.69) is 36.1 Å². The molecule has 32 heavy (non-hydrogen) atoms. The lowest BCUT2D eigenvalue weighted by Crippen LogP contribution is -2.48. The summed E-state index contributed by atoms with van der Waals surface area (Å²) < 4.78 is 7.46. The Bertz CT molecular complexity index is 1280.